The van der Waals surface area contributed by atoms with Gasteiger partial charge in [-0.2, -0.15) is 13.2 Å². The highest BCUT2D eigenvalue weighted by atomic mass is 19.4. The van der Waals surface area contributed by atoms with Gasteiger partial charge in [0.25, 0.3) is 0 Å². The van der Waals surface area contributed by atoms with Crippen LogP contribution < -0.4 is 0 Å². The number of rotatable bonds is 3. The van der Waals surface area contributed by atoms with Crippen LogP contribution >= 0.6 is 0 Å². The average Bonchev–Trinajstić information content (AvgIpc) is 2.22. The number of hydrogen-bond acceptors (Lipinski definition) is 3. The molecule has 0 atom stereocenters. The lowest BCUT2D eigenvalue weighted by molar-refractivity contribution is -0.154. The molecule has 112 valence electrons. The second-order valence-corrected chi connectivity index (χ2v) is 5.57. The Morgan fingerprint density at radius 1 is 1.25 bits per heavy atom. The minimum atomic E-state index is -4.41. The smallest absolute Gasteiger partial charge is 0.416 e. The van der Waals surface area contributed by atoms with E-state index in [0.29, 0.717) is 0 Å². The zero-order valence-corrected chi connectivity index (χ0v) is 12.0. The number of pyridine rings is 1. The minimum Gasteiger partial charge on any atom is -0.460 e. The van der Waals surface area contributed by atoms with E-state index in [1.807, 2.05) is 0 Å². The van der Waals surface area contributed by atoms with Gasteiger partial charge >= 0.3 is 12.1 Å². The summed E-state index contributed by atoms with van der Waals surface area (Å²) in [5.74, 6) is -0.450. The first-order valence-electron chi connectivity index (χ1n) is 6.24. The van der Waals surface area contributed by atoms with E-state index in [1.54, 1.807) is 20.8 Å². The standard InChI is InChI=1S/C14H18F3NO2/c1-9-7-10(14(15,16)17)8-11(18-9)5-6-12(19)20-13(2,3)4/h7-8H,5-6H2,1-4H3. The van der Waals surface area contributed by atoms with E-state index in [9.17, 15) is 18.0 Å². The number of aryl methyl sites for hydroxylation is 2. The van der Waals surface area contributed by atoms with E-state index in [1.165, 1.54) is 6.92 Å². The number of nitrogens with zero attached hydrogens (tertiary/aromatic N) is 1. The molecule has 0 unspecified atom stereocenters. The van der Waals surface area contributed by atoms with Crippen molar-refractivity contribution in [1.82, 2.24) is 4.98 Å². The second kappa shape index (κ2) is 5.81. The largest absolute Gasteiger partial charge is 0.460 e. The fraction of sp³-hybridized carbons (Fsp3) is 0.571. The number of carbonyl (C=O) groups is 1. The van der Waals surface area contributed by atoms with Gasteiger partial charge in [-0.15, -0.1) is 0 Å². The van der Waals surface area contributed by atoms with Crippen molar-refractivity contribution in [2.75, 3.05) is 0 Å². The van der Waals surface area contributed by atoms with Gasteiger partial charge in [0.2, 0.25) is 0 Å². The number of esters is 1. The number of halogens is 3. The molecule has 0 bridgehead atoms. The summed E-state index contributed by atoms with van der Waals surface area (Å²) in [6, 6.07) is 1.95. The molecule has 1 heterocycles. The molecule has 6 heteroatoms. The van der Waals surface area contributed by atoms with Gasteiger partial charge in [0.15, 0.2) is 0 Å². The van der Waals surface area contributed by atoms with Crippen molar-refractivity contribution in [1.29, 1.82) is 0 Å². The summed E-state index contributed by atoms with van der Waals surface area (Å²) in [5.41, 5.74) is -0.833. The summed E-state index contributed by atoms with van der Waals surface area (Å²) in [6.45, 7) is 6.69. The molecule has 3 nitrogen and oxygen atoms in total. The maximum atomic E-state index is 12.6. The van der Waals surface area contributed by atoms with Crippen LogP contribution in [-0.4, -0.2) is 16.6 Å². The van der Waals surface area contributed by atoms with E-state index in [4.69, 9.17) is 4.74 Å². The van der Waals surface area contributed by atoms with Crippen LogP contribution in [0.25, 0.3) is 0 Å². The van der Waals surface area contributed by atoms with Crippen LogP contribution in [0.4, 0.5) is 13.2 Å². The van der Waals surface area contributed by atoms with Gasteiger partial charge < -0.3 is 4.74 Å². The Labute approximate surface area is 116 Å². The van der Waals surface area contributed by atoms with Crippen LogP contribution in [0.5, 0.6) is 0 Å². The normalized spacial score (nSPS) is 12.3. The highest BCUT2D eigenvalue weighted by Gasteiger charge is 2.31. The Balaban J connectivity index is 2.74. The maximum absolute atomic E-state index is 12.6. The Bertz CT molecular complexity index is 490. The SMILES string of the molecule is Cc1cc(C(F)(F)F)cc(CCC(=O)OC(C)(C)C)n1. The van der Waals surface area contributed by atoms with E-state index in [2.05, 4.69) is 4.98 Å². The molecule has 0 saturated carbocycles. The van der Waals surface area contributed by atoms with E-state index in [0.717, 1.165) is 12.1 Å². The molecular formula is C14H18F3NO2. The molecule has 1 aromatic heterocycles. The number of carbonyl (C=O) groups excluding carboxylic acids is 1. The van der Waals surface area contributed by atoms with Crippen LogP contribution in [0.15, 0.2) is 12.1 Å². The maximum Gasteiger partial charge on any atom is 0.416 e. The average molecular weight is 289 g/mol. The number of ether oxygens (including phenoxy) is 1. The summed E-state index contributed by atoms with van der Waals surface area (Å²) in [4.78, 5) is 15.5. The van der Waals surface area contributed by atoms with Crippen LogP contribution in [0.1, 0.15) is 44.1 Å². The van der Waals surface area contributed by atoms with Crippen molar-refractivity contribution >= 4 is 5.97 Å². The monoisotopic (exact) mass is 289 g/mol. The van der Waals surface area contributed by atoms with Crippen molar-refractivity contribution in [3.8, 4) is 0 Å². The fourth-order valence-electron chi connectivity index (χ4n) is 1.65. The van der Waals surface area contributed by atoms with Crippen molar-refractivity contribution in [3.63, 3.8) is 0 Å². The summed E-state index contributed by atoms with van der Waals surface area (Å²) < 4.78 is 43.0. The molecule has 0 spiro atoms. The Morgan fingerprint density at radius 2 is 1.85 bits per heavy atom. The highest BCUT2D eigenvalue weighted by Crippen LogP contribution is 2.30. The summed E-state index contributed by atoms with van der Waals surface area (Å²) in [5, 5.41) is 0. The van der Waals surface area contributed by atoms with Gasteiger partial charge in [-0.25, -0.2) is 0 Å². The molecule has 20 heavy (non-hydrogen) atoms. The van der Waals surface area contributed by atoms with Crippen molar-refractivity contribution < 1.29 is 22.7 Å². The van der Waals surface area contributed by atoms with Gasteiger partial charge in [0.1, 0.15) is 5.60 Å². The molecule has 0 saturated heterocycles. The predicted octanol–water partition coefficient (Wildman–Crippen LogP) is 3.68. The summed E-state index contributed by atoms with van der Waals surface area (Å²) in [6.07, 6.45) is -4.28. The fourth-order valence-corrected chi connectivity index (χ4v) is 1.65. The first-order chi connectivity index (χ1) is 8.97. The van der Waals surface area contributed by atoms with Gasteiger partial charge in [-0.1, -0.05) is 0 Å². The Kier molecular flexibility index (Phi) is 4.78. The van der Waals surface area contributed by atoms with Crippen LogP contribution in [0.3, 0.4) is 0 Å². The summed E-state index contributed by atoms with van der Waals surface area (Å²) in [7, 11) is 0. The van der Waals surface area contributed by atoms with Crippen LogP contribution in [0.2, 0.25) is 0 Å². The zero-order valence-electron chi connectivity index (χ0n) is 12.0. The Hall–Kier alpha value is -1.59. The molecule has 0 fully saturated rings. The molecule has 0 aliphatic carbocycles. The lowest BCUT2D eigenvalue weighted by atomic mass is 10.1. The first kappa shape index (κ1) is 16.5. The van der Waals surface area contributed by atoms with E-state index >= 15 is 0 Å². The molecule has 1 rings (SSSR count). The van der Waals surface area contributed by atoms with Crippen LogP contribution in [0, 0.1) is 6.92 Å². The lowest BCUT2D eigenvalue weighted by Gasteiger charge is -2.19. The quantitative estimate of drug-likeness (QED) is 0.797. The molecule has 0 aromatic carbocycles. The first-order valence-corrected chi connectivity index (χ1v) is 6.24. The topological polar surface area (TPSA) is 39.2 Å². The van der Waals surface area contributed by atoms with Gasteiger partial charge in [0, 0.05) is 17.8 Å². The molecule has 0 N–H and O–H groups in total. The molecule has 0 aliphatic rings. The minimum absolute atomic E-state index is 0.00498. The second-order valence-electron chi connectivity index (χ2n) is 5.57. The summed E-state index contributed by atoms with van der Waals surface area (Å²) >= 11 is 0. The Morgan fingerprint density at radius 3 is 2.35 bits per heavy atom. The molecule has 0 radical (unpaired) electrons. The number of hydrogen-bond donors (Lipinski definition) is 0. The van der Waals surface area contributed by atoms with Gasteiger partial charge in [0.05, 0.1) is 12.0 Å². The van der Waals surface area contributed by atoms with E-state index in [-0.39, 0.29) is 24.2 Å². The lowest BCUT2D eigenvalue weighted by Crippen LogP contribution is -2.24. The molecular weight excluding hydrogens is 271 g/mol. The van der Waals surface area contributed by atoms with Crippen LogP contribution in [-0.2, 0) is 22.1 Å². The number of alkyl halides is 3. The molecule has 0 amide bonds. The van der Waals surface area contributed by atoms with Gasteiger partial charge in [-0.05, 0) is 39.8 Å². The molecule has 0 aliphatic heterocycles. The molecule has 1 aromatic rings. The van der Waals surface area contributed by atoms with Crippen molar-refractivity contribution in [3.05, 3.63) is 29.1 Å². The number of aromatic nitrogens is 1. The van der Waals surface area contributed by atoms with Gasteiger partial charge in [-0.3, -0.25) is 9.78 Å². The third kappa shape index (κ3) is 5.59. The highest BCUT2D eigenvalue weighted by molar-refractivity contribution is 5.70. The zero-order chi connectivity index (χ0) is 15.6. The van der Waals surface area contributed by atoms with E-state index < -0.39 is 23.3 Å². The third-order valence-corrected chi connectivity index (χ3v) is 2.34. The third-order valence-electron chi connectivity index (χ3n) is 2.34. The van der Waals surface area contributed by atoms with Crippen molar-refractivity contribution in [2.24, 2.45) is 0 Å². The van der Waals surface area contributed by atoms with Crippen molar-refractivity contribution in [2.45, 2.75) is 52.3 Å². The predicted molar refractivity (Wildman–Crippen MR) is 68.1 cm³/mol.